The number of hydrogen-bond acceptors (Lipinski definition) is 3. The van der Waals surface area contributed by atoms with E-state index in [0.29, 0.717) is 0 Å². The van der Waals surface area contributed by atoms with Crippen molar-refractivity contribution in [3.8, 4) is 0 Å². The quantitative estimate of drug-likeness (QED) is 0.583. The summed E-state index contributed by atoms with van der Waals surface area (Å²) in [4.78, 5) is 0. The van der Waals surface area contributed by atoms with Crippen molar-refractivity contribution in [2.45, 2.75) is 70.9 Å². The highest BCUT2D eigenvalue weighted by atomic mass is 79.9. The molecule has 1 fully saturated rings. The number of aryl methyl sites for hydroxylation is 1. The number of aromatic nitrogens is 2. The molecule has 0 spiro atoms. The Morgan fingerprint density at radius 1 is 1.45 bits per heavy atom. The minimum atomic E-state index is 0.195. The van der Waals surface area contributed by atoms with Crippen molar-refractivity contribution in [2.24, 2.45) is 11.8 Å². The van der Waals surface area contributed by atoms with Crippen molar-refractivity contribution >= 4 is 15.9 Å². The average Bonchev–Trinajstić information content (AvgIpc) is 2.83. The molecule has 0 amide bonds. The predicted molar refractivity (Wildman–Crippen MR) is 86.1 cm³/mol. The number of halogens is 1. The molecular formula is C15H27BrN4. The first-order chi connectivity index (χ1) is 9.76. The Morgan fingerprint density at radius 2 is 2.20 bits per heavy atom. The molecule has 0 radical (unpaired) electrons. The molecular weight excluding hydrogens is 316 g/mol. The van der Waals surface area contributed by atoms with E-state index in [1.807, 2.05) is 6.20 Å². The van der Waals surface area contributed by atoms with E-state index in [4.69, 9.17) is 5.84 Å². The second kappa shape index (κ2) is 8.15. The molecule has 4 nitrogen and oxygen atoms in total. The zero-order valence-electron chi connectivity index (χ0n) is 12.4. The average molecular weight is 343 g/mol. The summed E-state index contributed by atoms with van der Waals surface area (Å²) < 4.78 is 3.15. The molecule has 1 aliphatic rings. The molecule has 0 bridgehead atoms. The molecule has 1 aromatic rings. The van der Waals surface area contributed by atoms with E-state index in [1.54, 1.807) is 0 Å². The van der Waals surface area contributed by atoms with Gasteiger partial charge in [-0.3, -0.25) is 16.0 Å². The van der Waals surface area contributed by atoms with E-state index in [1.165, 1.54) is 44.2 Å². The number of nitrogens with zero attached hydrogens (tertiary/aromatic N) is 2. The van der Waals surface area contributed by atoms with Gasteiger partial charge in [-0.2, -0.15) is 5.10 Å². The lowest BCUT2D eigenvalue weighted by molar-refractivity contribution is 0.310. The van der Waals surface area contributed by atoms with Crippen molar-refractivity contribution < 1.29 is 0 Å². The lowest BCUT2D eigenvalue weighted by atomic mass is 9.85. The summed E-state index contributed by atoms with van der Waals surface area (Å²) in [6, 6.07) is 0.195. The molecule has 3 N–H and O–H groups in total. The van der Waals surface area contributed by atoms with Gasteiger partial charge in [0, 0.05) is 6.54 Å². The van der Waals surface area contributed by atoms with Crippen molar-refractivity contribution in [2.75, 3.05) is 0 Å². The first-order valence-electron chi connectivity index (χ1n) is 7.93. The monoisotopic (exact) mass is 342 g/mol. The molecule has 1 saturated carbocycles. The molecule has 1 aliphatic carbocycles. The van der Waals surface area contributed by atoms with Crippen LogP contribution in [0.2, 0.25) is 0 Å². The molecule has 1 atom stereocenters. The van der Waals surface area contributed by atoms with Gasteiger partial charge in [-0.05, 0) is 41.1 Å². The highest BCUT2D eigenvalue weighted by Gasteiger charge is 2.21. The number of rotatable bonds is 7. The van der Waals surface area contributed by atoms with Gasteiger partial charge in [0.25, 0.3) is 0 Å². The fraction of sp³-hybridized carbons (Fsp3) is 0.800. The van der Waals surface area contributed by atoms with Gasteiger partial charge in [-0.1, -0.05) is 39.0 Å². The fourth-order valence-corrected chi connectivity index (χ4v) is 3.86. The molecule has 0 aliphatic heterocycles. The summed E-state index contributed by atoms with van der Waals surface area (Å²) in [6.07, 6.45) is 12.3. The van der Waals surface area contributed by atoms with Crippen LogP contribution in [0.1, 0.15) is 70.0 Å². The van der Waals surface area contributed by atoms with E-state index in [-0.39, 0.29) is 6.04 Å². The Kier molecular flexibility index (Phi) is 6.52. The minimum absolute atomic E-state index is 0.195. The van der Waals surface area contributed by atoms with Gasteiger partial charge in [0.15, 0.2) is 0 Å². The van der Waals surface area contributed by atoms with Crippen molar-refractivity contribution in [3.05, 3.63) is 16.4 Å². The maximum atomic E-state index is 5.80. The predicted octanol–water partition coefficient (Wildman–Crippen LogP) is 3.92. The van der Waals surface area contributed by atoms with E-state index in [2.05, 4.69) is 38.1 Å². The SMILES string of the molecule is CCCn1ncc(Br)c1C(CCC1CCCCC1)NN. The van der Waals surface area contributed by atoms with Crippen LogP contribution in [0.4, 0.5) is 0 Å². The summed E-state index contributed by atoms with van der Waals surface area (Å²) in [5.41, 5.74) is 4.19. The maximum absolute atomic E-state index is 5.80. The number of hydrazine groups is 1. The molecule has 5 heteroatoms. The Hall–Kier alpha value is -0.390. The zero-order valence-corrected chi connectivity index (χ0v) is 14.0. The van der Waals surface area contributed by atoms with Crippen molar-refractivity contribution in [1.82, 2.24) is 15.2 Å². The molecule has 1 unspecified atom stereocenters. The normalized spacial score (nSPS) is 18.4. The third kappa shape index (κ3) is 4.06. The van der Waals surface area contributed by atoms with Crippen LogP contribution in [-0.2, 0) is 6.54 Å². The Balaban J connectivity index is 1.98. The lowest BCUT2D eigenvalue weighted by Gasteiger charge is -2.24. The van der Waals surface area contributed by atoms with Crippen LogP contribution in [0.3, 0.4) is 0 Å². The molecule has 114 valence electrons. The largest absolute Gasteiger partial charge is 0.271 e. The summed E-state index contributed by atoms with van der Waals surface area (Å²) in [6.45, 7) is 3.12. The van der Waals surface area contributed by atoms with E-state index >= 15 is 0 Å². The Morgan fingerprint density at radius 3 is 2.85 bits per heavy atom. The minimum Gasteiger partial charge on any atom is -0.271 e. The zero-order chi connectivity index (χ0) is 14.4. The lowest BCUT2D eigenvalue weighted by Crippen LogP contribution is -2.30. The topological polar surface area (TPSA) is 55.9 Å². The molecule has 20 heavy (non-hydrogen) atoms. The maximum Gasteiger partial charge on any atom is 0.0709 e. The molecule has 1 aromatic heterocycles. The molecule has 1 heterocycles. The third-order valence-corrected chi connectivity index (χ3v) is 5.00. The van der Waals surface area contributed by atoms with Crippen LogP contribution in [0.25, 0.3) is 0 Å². The molecule has 0 saturated heterocycles. The van der Waals surface area contributed by atoms with Crippen molar-refractivity contribution in [3.63, 3.8) is 0 Å². The van der Waals surface area contributed by atoms with Gasteiger partial charge in [-0.25, -0.2) is 0 Å². The summed E-state index contributed by atoms with van der Waals surface area (Å²) in [7, 11) is 0. The first-order valence-corrected chi connectivity index (χ1v) is 8.72. The second-order valence-electron chi connectivity index (χ2n) is 5.90. The van der Waals surface area contributed by atoms with Crippen LogP contribution in [-0.4, -0.2) is 9.78 Å². The van der Waals surface area contributed by atoms with Crippen LogP contribution >= 0.6 is 15.9 Å². The summed E-state index contributed by atoms with van der Waals surface area (Å²) in [5, 5.41) is 4.44. The third-order valence-electron chi connectivity index (χ3n) is 4.39. The van der Waals surface area contributed by atoms with Crippen LogP contribution in [0, 0.1) is 5.92 Å². The number of nitrogens with two attached hydrogens (primary N) is 1. The van der Waals surface area contributed by atoms with Gasteiger partial charge in [0.2, 0.25) is 0 Å². The standard InChI is InChI=1S/C15H27BrN4/c1-2-10-20-15(13(16)11-18-20)14(19-17)9-8-12-6-4-3-5-7-12/h11-12,14,19H,2-10,17H2,1H3. The van der Waals surface area contributed by atoms with Gasteiger partial charge in [0.1, 0.15) is 0 Å². The van der Waals surface area contributed by atoms with E-state index < -0.39 is 0 Å². The fourth-order valence-electron chi connectivity index (χ4n) is 3.29. The molecule has 2 rings (SSSR count). The second-order valence-corrected chi connectivity index (χ2v) is 6.76. The highest BCUT2D eigenvalue weighted by molar-refractivity contribution is 9.10. The highest BCUT2D eigenvalue weighted by Crippen LogP contribution is 2.32. The van der Waals surface area contributed by atoms with Gasteiger partial charge >= 0.3 is 0 Å². The molecule has 0 aromatic carbocycles. The van der Waals surface area contributed by atoms with Gasteiger partial charge in [-0.15, -0.1) is 0 Å². The first kappa shape index (κ1) is 16.0. The number of nitrogens with one attached hydrogen (secondary N) is 1. The van der Waals surface area contributed by atoms with Gasteiger partial charge < -0.3 is 0 Å². The van der Waals surface area contributed by atoms with E-state index in [0.717, 1.165) is 29.8 Å². The summed E-state index contributed by atoms with van der Waals surface area (Å²) >= 11 is 3.62. The Bertz CT molecular complexity index is 399. The summed E-state index contributed by atoms with van der Waals surface area (Å²) in [5.74, 6) is 6.69. The van der Waals surface area contributed by atoms with Crippen LogP contribution in [0.15, 0.2) is 10.7 Å². The number of hydrogen-bond donors (Lipinski definition) is 2. The van der Waals surface area contributed by atoms with E-state index in [9.17, 15) is 0 Å². The van der Waals surface area contributed by atoms with Crippen LogP contribution < -0.4 is 11.3 Å². The Labute approximate surface area is 130 Å². The smallest absolute Gasteiger partial charge is 0.0709 e. The van der Waals surface area contributed by atoms with Crippen molar-refractivity contribution in [1.29, 1.82) is 0 Å². The van der Waals surface area contributed by atoms with Crippen LogP contribution in [0.5, 0.6) is 0 Å². The van der Waals surface area contributed by atoms with Gasteiger partial charge in [0.05, 0.1) is 22.4 Å².